The Morgan fingerprint density at radius 2 is 1.94 bits per heavy atom. The van der Waals surface area contributed by atoms with Crippen LogP contribution in [0, 0.1) is 0 Å². The molecule has 0 saturated carbocycles. The van der Waals surface area contributed by atoms with E-state index in [9.17, 15) is 4.79 Å². The van der Waals surface area contributed by atoms with Gasteiger partial charge in [0.05, 0.1) is 16.6 Å². The minimum absolute atomic E-state index is 0.297. The van der Waals surface area contributed by atoms with Gasteiger partial charge in [0.1, 0.15) is 6.33 Å². The molecule has 1 amide bonds. The van der Waals surface area contributed by atoms with Crippen LogP contribution in [0.15, 0.2) is 43.0 Å². The summed E-state index contributed by atoms with van der Waals surface area (Å²) in [4.78, 5) is 26.7. The molecule has 1 aromatic carbocycles. The van der Waals surface area contributed by atoms with Crippen LogP contribution in [-0.4, -0.2) is 25.8 Å². The summed E-state index contributed by atoms with van der Waals surface area (Å²) >= 11 is 0. The zero-order valence-corrected chi connectivity index (χ0v) is 9.29. The SMILES string of the molecule is O=C(Nc1nc2ccccc2[nH]1)c1cncnc1. The fraction of sp³-hybridized carbons (Fsp3) is 0. The van der Waals surface area contributed by atoms with Crippen molar-refractivity contribution in [2.24, 2.45) is 0 Å². The standard InChI is InChI=1S/C12H9N5O/c18-11(8-5-13-7-14-6-8)17-12-15-9-3-1-2-4-10(9)16-12/h1-7H,(H2,15,16,17,18). The van der Waals surface area contributed by atoms with E-state index in [2.05, 4.69) is 25.3 Å². The third kappa shape index (κ3) is 1.91. The topological polar surface area (TPSA) is 83.6 Å². The maximum Gasteiger partial charge on any atom is 0.261 e. The average molecular weight is 239 g/mol. The highest BCUT2D eigenvalue weighted by molar-refractivity contribution is 6.03. The fourth-order valence-corrected chi connectivity index (χ4v) is 1.61. The number of nitrogens with zero attached hydrogens (tertiary/aromatic N) is 3. The van der Waals surface area contributed by atoms with Gasteiger partial charge in [-0.3, -0.25) is 10.1 Å². The zero-order chi connectivity index (χ0) is 12.4. The molecule has 0 unspecified atom stereocenters. The van der Waals surface area contributed by atoms with Crippen LogP contribution in [0.3, 0.4) is 0 Å². The number of aromatic amines is 1. The summed E-state index contributed by atoms with van der Waals surface area (Å²) in [5.74, 6) is 0.111. The minimum Gasteiger partial charge on any atom is -0.324 e. The molecule has 0 bridgehead atoms. The summed E-state index contributed by atoms with van der Waals surface area (Å²) in [6.07, 6.45) is 4.27. The Morgan fingerprint density at radius 1 is 1.17 bits per heavy atom. The first-order valence-electron chi connectivity index (χ1n) is 5.34. The fourth-order valence-electron chi connectivity index (χ4n) is 1.61. The first-order chi connectivity index (χ1) is 8.83. The van der Waals surface area contributed by atoms with E-state index in [-0.39, 0.29) is 5.91 Å². The highest BCUT2D eigenvalue weighted by Gasteiger charge is 2.09. The highest BCUT2D eigenvalue weighted by Crippen LogP contribution is 2.13. The quantitative estimate of drug-likeness (QED) is 0.711. The Morgan fingerprint density at radius 3 is 2.72 bits per heavy atom. The molecule has 0 fully saturated rings. The van der Waals surface area contributed by atoms with Crippen LogP contribution in [0.5, 0.6) is 0 Å². The van der Waals surface area contributed by atoms with E-state index >= 15 is 0 Å². The Bertz CT molecular complexity index is 659. The van der Waals surface area contributed by atoms with E-state index in [1.165, 1.54) is 18.7 Å². The van der Waals surface area contributed by atoms with Crippen molar-refractivity contribution >= 4 is 22.9 Å². The molecule has 2 N–H and O–H groups in total. The van der Waals surface area contributed by atoms with Gasteiger partial charge in [0.15, 0.2) is 0 Å². The number of H-pyrrole nitrogens is 1. The molecule has 0 aliphatic heterocycles. The number of hydrogen-bond donors (Lipinski definition) is 2. The summed E-state index contributed by atoms with van der Waals surface area (Å²) in [6, 6.07) is 7.55. The molecule has 88 valence electrons. The third-order valence-corrected chi connectivity index (χ3v) is 2.44. The normalized spacial score (nSPS) is 10.4. The van der Waals surface area contributed by atoms with Crippen molar-refractivity contribution < 1.29 is 4.79 Å². The van der Waals surface area contributed by atoms with Gasteiger partial charge in [-0.25, -0.2) is 15.0 Å². The number of nitrogens with one attached hydrogen (secondary N) is 2. The van der Waals surface area contributed by atoms with Gasteiger partial charge in [-0.05, 0) is 12.1 Å². The van der Waals surface area contributed by atoms with E-state index in [1.807, 2.05) is 24.3 Å². The summed E-state index contributed by atoms with van der Waals surface area (Å²) in [6.45, 7) is 0. The lowest BCUT2D eigenvalue weighted by molar-refractivity contribution is 0.102. The summed E-state index contributed by atoms with van der Waals surface area (Å²) < 4.78 is 0. The molecule has 2 heterocycles. The highest BCUT2D eigenvalue weighted by atomic mass is 16.1. The van der Waals surface area contributed by atoms with E-state index < -0.39 is 0 Å². The minimum atomic E-state index is -0.297. The molecule has 0 aliphatic carbocycles. The van der Waals surface area contributed by atoms with Gasteiger partial charge in [-0.15, -0.1) is 0 Å². The molecule has 0 spiro atoms. The van der Waals surface area contributed by atoms with Gasteiger partial charge in [-0.2, -0.15) is 0 Å². The average Bonchev–Trinajstić information content (AvgIpc) is 2.82. The van der Waals surface area contributed by atoms with Crippen molar-refractivity contribution in [1.82, 2.24) is 19.9 Å². The molecule has 3 rings (SSSR count). The molecule has 0 atom stereocenters. The second-order valence-corrected chi connectivity index (χ2v) is 3.68. The number of rotatable bonds is 2. The van der Waals surface area contributed by atoms with Crippen LogP contribution >= 0.6 is 0 Å². The molecule has 6 heteroatoms. The maximum atomic E-state index is 11.8. The Kier molecular flexibility index (Phi) is 2.45. The lowest BCUT2D eigenvalue weighted by Crippen LogP contribution is -2.13. The van der Waals surface area contributed by atoms with Crippen molar-refractivity contribution in [2.75, 3.05) is 5.32 Å². The van der Waals surface area contributed by atoms with Crippen molar-refractivity contribution in [3.63, 3.8) is 0 Å². The van der Waals surface area contributed by atoms with Gasteiger partial charge in [0.2, 0.25) is 5.95 Å². The van der Waals surface area contributed by atoms with Crippen LogP contribution in [0.2, 0.25) is 0 Å². The predicted octanol–water partition coefficient (Wildman–Crippen LogP) is 1.61. The number of carbonyl (C=O) groups is 1. The van der Waals surface area contributed by atoms with Gasteiger partial charge in [-0.1, -0.05) is 12.1 Å². The number of aromatic nitrogens is 4. The molecule has 6 nitrogen and oxygen atoms in total. The van der Waals surface area contributed by atoms with E-state index in [0.717, 1.165) is 11.0 Å². The number of anilines is 1. The zero-order valence-electron chi connectivity index (χ0n) is 9.29. The number of fused-ring (bicyclic) bond motifs is 1. The van der Waals surface area contributed by atoms with Crippen LogP contribution in [-0.2, 0) is 0 Å². The van der Waals surface area contributed by atoms with Crippen LogP contribution in [0.1, 0.15) is 10.4 Å². The Hall–Kier alpha value is -2.76. The number of benzene rings is 1. The van der Waals surface area contributed by atoms with Gasteiger partial charge < -0.3 is 4.98 Å². The van der Waals surface area contributed by atoms with Gasteiger partial charge in [0.25, 0.3) is 5.91 Å². The maximum absolute atomic E-state index is 11.8. The molecule has 2 aromatic heterocycles. The van der Waals surface area contributed by atoms with Crippen molar-refractivity contribution in [3.8, 4) is 0 Å². The second kappa shape index (κ2) is 4.25. The van der Waals surface area contributed by atoms with Crippen molar-refractivity contribution in [2.45, 2.75) is 0 Å². The molecular weight excluding hydrogens is 230 g/mol. The molecule has 0 saturated heterocycles. The number of carbonyl (C=O) groups excluding carboxylic acids is 1. The molecule has 3 aromatic rings. The first kappa shape index (κ1) is 10.4. The van der Waals surface area contributed by atoms with Crippen molar-refractivity contribution in [3.05, 3.63) is 48.5 Å². The van der Waals surface area contributed by atoms with Gasteiger partial charge in [0, 0.05) is 12.4 Å². The van der Waals surface area contributed by atoms with E-state index in [1.54, 1.807) is 0 Å². The first-order valence-corrected chi connectivity index (χ1v) is 5.34. The largest absolute Gasteiger partial charge is 0.324 e. The van der Waals surface area contributed by atoms with E-state index in [4.69, 9.17) is 0 Å². The van der Waals surface area contributed by atoms with Crippen LogP contribution in [0.25, 0.3) is 11.0 Å². The summed E-state index contributed by atoms with van der Waals surface area (Å²) in [5.41, 5.74) is 2.06. The number of hydrogen-bond acceptors (Lipinski definition) is 4. The number of amides is 1. The second-order valence-electron chi connectivity index (χ2n) is 3.68. The van der Waals surface area contributed by atoms with Crippen LogP contribution < -0.4 is 5.32 Å². The van der Waals surface area contributed by atoms with Crippen molar-refractivity contribution in [1.29, 1.82) is 0 Å². The molecule has 0 radical (unpaired) electrons. The summed E-state index contributed by atoms with van der Waals surface area (Å²) in [5, 5.41) is 2.66. The van der Waals surface area contributed by atoms with Crippen LogP contribution in [0.4, 0.5) is 5.95 Å². The Labute approximate surface area is 102 Å². The molecular formula is C12H9N5O. The lowest BCUT2D eigenvalue weighted by Gasteiger charge is -1.99. The summed E-state index contributed by atoms with van der Waals surface area (Å²) in [7, 11) is 0. The molecule has 0 aliphatic rings. The lowest BCUT2D eigenvalue weighted by atomic mass is 10.3. The number of imidazole rings is 1. The van der Waals surface area contributed by atoms with E-state index in [0.29, 0.717) is 11.5 Å². The monoisotopic (exact) mass is 239 g/mol. The number of para-hydroxylation sites is 2. The smallest absolute Gasteiger partial charge is 0.261 e. The van der Waals surface area contributed by atoms with Gasteiger partial charge >= 0.3 is 0 Å². The Balaban J connectivity index is 1.86. The molecule has 18 heavy (non-hydrogen) atoms. The predicted molar refractivity (Wildman–Crippen MR) is 66.1 cm³/mol. The third-order valence-electron chi connectivity index (χ3n) is 2.44.